The normalized spacial score (nSPS) is 17.1. The zero-order valence-electron chi connectivity index (χ0n) is 13.8. The lowest BCUT2D eigenvalue weighted by Crippen LogP contribution is -2.25. The molecule has 0 saturated carbocycles. The molecule has 0 bridgehead atoms. The molecule has 0 spiro atoms. The maximum Gasteiger partial charge on any atom is 0.123 e. The molecule has 3 rings (SSSR count). The van der Waals surface area contributed by atoms with Gasteiger partial charge in [0.25, 0.3) is 0 Å². The number of nitrogens with zero attached hydrogens (tertiary/aromatic N) is 1. The molecule has 1 fully saturated rings. The van der Waals surface area contributed by atoms with Crippen molar-refractivity contribution < 1.29 is 14.2 Å². The highest BCUT2D eigenvalue weighted by molar-refractivity contribution is 5.68. The maximum absolute atomic E-state index is 9.08. The van der Waals surface area contributed by atoms with Crippen LogP contribution in [0.5, 0.6) is 11.5 Å². The monoisotopic (exact) mass is 323 g/mol. The summed E-state index contributed by atoms with van der Waals surface area (Å²) in [5.41, 5.74) is 2.56. The molecule has 2 aromatic carbocycles. The van der Waals surface area contributed by atoms with Gasteiger partial charge in [0.1, 0.15) is 18.1 Å². The fourth-order valence-electron chi connectivity index (χ4n) is 2.84. The van der Waals surface area contributed by atoms with Crippen LogP contribution < -0.4 is 9.47 Å². The molecule has 0 radical (unpaired) electrons. The van der Waals surface area contributed by atoms with Crippen LogP contribution in [-0.2, 0) is 4.74 Å². The summed E-state index contributed by atoms with van der Waals surface area (Å²) in [6.45, 7) is 1.36. The Morgan fingerprint density at radius 2 is 2.00 bits per heavy atom. The summed E-state index contributed by atoms with van der Waals surface area (Å²) < 4.78 is 17.0. The molecule has 1 aliphatic rings. The maximum atomic E-state index is 9.08. The molecule has 1 atom stereocenters. The lowest BCUT2D eigenvalue weighted by atomic mass is 10.0. The van der Waals surface area contributed by atoms with E-state index in [1.165, 1.54) is 6.42 Å². The van der Waals surface area contributed by atoms with Crippen LogP contribution >= 0.6 is 0 Å². The summed E-state index contributed by atoms with van der Waals surface area (Å²) in [5, 5.41) is 9.08. The van der Waals surface area contributed by atoms with Gasteiger partial charge in [0.2, 0.25) is 0 Å². The van der Waals surface area contributed by atoms with E-state index in [0.29, 0.717) is 12.2 Å². The third-order valence-corrected chi connectivity index (χ3v) is 4.15. The van der Waals surface area contributed by atoms with Crippen molar-refractivity contribution in [2.45, 2.75) is 25.4 Å². The Hall–Kier alpha value is -2.51. The molecule has 1 saturated heterocycles. The Morgan fingerprint density at radius 1 is 1.12 bits per heavy atom. The lowest BCUT2D eigenvalue weighted by Gasteiger charge is -2.22. The topological polar surface area (TPSA) is 51.5 Å². The van der Waals surface area contributed by atoms with Crippen molar-refractivity contribution in [2.24, 2.45) is 0 Å². The lowest BCUT2D eigenvalue weighted by molar-refractivity contribution is -0.0110. The molecule has 0 aliphatic carbocycles. The number of hydrogen-bond acceptors (Lipinski definition) is 4. The van der Waals surface area contributed by atoms with E-state index in [4.69, 9.17) is 19.5 Å². The Bertz CT molecular complexity index is 730. The minimum Gasteiger partial charge on any atom is -0.497 e. The molecule has 0 aromatic heterocycles. The van der Waals surface area contributed by atoms with E-state index in [1.54, 1.807) is 13.2 Å². The highest BCUT2D eigenvalue weighted by Crippen LogP contribution is 2.30. The molecular weight excluding hydrogens is 302 g/mol. The van der Waals surface area contributed by atoms with E-state index in [0.717, 1.165) is 42.1 Å². The van der Waals surface area contributed by atoms with Crippen molar-refractivity contribution >= 4 is 0 Å². The molecule has 0 N–H and O–H groups in total. The van der Waals surface area contributed by atoms with Gasteiger partial charge in [-0.2, -0.15) is 5.26 Å². The van der Waals surface area contributed by atoms with E-state index in [2.05, 4.69) is 6.07 Å². The summed E-state index contributed by atoms with van der Waals surface area (Å²) in [7, 11) is 1.64. The first kappa shape index (κ1) is 16.4. The van der Waals surface area contributed by atoms with Gasteiger partial charge >= 0.3 is 0 Å². The standard InChI is InChI=1S/C20H21NO3/c1-22-19-10-17(16-6-4-5-15(9-16)13-21)11-20(12-19)24-14-18-7-2-3-8-23-18/h4-6,9-12,18H,2-3,7-8,14H2,1H3. The van der Waals surface area contributed by atoms with Crippen LogP contribution in [0.1, 0.15) is 24.8 Å². The first-order valence-electron chi connectivity index (χ1n) is 8.22. The average Bonchev–Trinajstić information content (AvgIpc) is 2.67. The minimum atomic E-state index is 0.162. The highest BCUT2D eigenvalue weighted by Gasteiger charge is 2.15. The Kier molecular flexibility index (Phi) is 5.35. The van der Waals surface area contributed by atoms with Gasteiger partial charge in [0, 0.05) is 12.7 Å². The molecule has 4 nitrogen and oxygen atoms in total. The van der Waals surface area contributed by atoms with Gasteiger partial charge < -0.3 is 14.2 Å². The number of rotatable bonds is 5. The van der Waals surface area contributed by atoms with Crippen molar-refractivity contribution in [3.05, 3.63) is 48.0 Å². The predicted molar refractivity (Wildman–Crippen MR) is 92.2 cm³/mol. The fourth-order valence-corrected chi connectivity index (χ4v) is 2.84. The highest BCUT2D eigenvalue weighted by atomic mass is 16.5. The van der Waals surface area contributed by atoms with E-state index in [-0.39, 0.29) is 6.10 Å². The number of hydrogen-bond donors (Lipinski definition) is 0. The average molecular weight is 323 g/mol. The molecular formula is C20H21NO3. The molecule has 24 heavy (non-hydrogen) atoms. The van der Waals surface area contributed by atoms with Crippen LogP contribution in [-0.4, -0.2) is 26.4 Å². The summed E-state index contributed by atoms with van der Waals surface area (Å²) in [6, 6.07) is 15.5. The summed E-state index contributed by atoms with van der Waals surface area (Å²) in [4.78, 5) is 0. The third-order valence-electron chi connectivity index (χ3n) is 4.15. The van der Waals surface area contributed by atoms with Gasteiger partial charge in [0.15, 0.2) is 0 Å². The smallest absolute Gasteiger partial charge is 0.123 e. The number of methoxy groups -OCH3 is 1. The minimum absolute atomic E-state index is 0.162. The van der Waals surface area contributed by atoms with Crippen molar-refractivity contribution in [2.75, 3.05) is 20.3 Å². The second-order valence-corrected chi connectivity index (χ2v) is 5.89. The van der Waals surface area contributed by atoms with Crippen LogP contribution in [0.3, 0.4) is 0 Å². The molecule has 0 amide bonds. The van der Waals surface area contributed by atoms with Crippen LogP contribution in [0, 0.1) is 11.3 Å². The van der Waals surface area contributed by atoms with Crippen LogP contribution in [0.15, 0.2) is 42.5 Å². The van der Waals surface area contributed by atoms with E-state index < -0.39 is 0 Å². The van der Waals surface area contributed by atoms with Crippen LogP contribution in [0.4, 0.5) is 0 Å². The molecule has 1 unspecified atom stereocenters. The van der Waals surface area contributed by atoms with Crippen molar-refractivity contribution in [1.82, 2.24) is 0 Å². The van der Waals surface area contributed by atoms with Gasteiger partial charge in [0.05, 0.1) is 24.8 Å². The predicted octanol–water partition coefficient (Wildman–Crippen LogP) is 4.18. The number of ether oxygens (including phenoxy) is 3. The zero-order valence-corrected chi connectivity index (χ0v) is 13.8. The second kappa shape index (κ2) is 7.85. The van der Waals surface area contributed by atoms with Gasteiger partial charge in [-0.15, -0.1) is 0 Å². The number of benzene rings is 2. The van der Waals surface area contributed by atoms with E-state index >= 15 is 0 Å². The first-order valence-corrected chi connectivity index (χ1v) is 8.22. The molecule has 1 heterocycles. The van der Waals surface area contributed by atoms with E-state index in [9.17, 15) is 0 Å². The fraction of sp³-hybridized carbons (Fsp3) is 0.350. The first-order chi connectivity index (χ1) is 11.8. The summed E-state index contributed by atoms with van der Waals surface area (Å²) >= 11 is 0. The summed E-state index contributed by atoms with van der Waals surface area (Å²) in [6.07, 6.45) is 3.53. The molecule has 2 aromatic rings. The number of nitriles is 1. The summed E-state index contributed by atoms with van der Waals surface area (Å²) in [5.74, 6) is 1.48. The molecule has 1 aliphatic heterocycles. The Labute approximate surface area is 142 Å². The van der Waals surface area contributed by atoms with Crippen LogP contribution in [0.25, 0.3) is 11.1 Å². The van der Waals surface area contributed by atoms with Gasteiger partial charge in [-0.3, -0.25) is 0 Å². The SMILES string of the molecule is COc1cc(OCC2CCCCO2)cc(-c2cccc(C#N)c2)c1. The Balaban J connectivity index is 1.80. The van der Waals surface area contributed by atoms with Gasteiger partial charge in [-0.1, -0.05) is 12.1 Å². The second-order valence-electron chi connectivity index (χ2n) is 5.89. The molecule has 4 heteroatoms. The van der Waals surface area contributed by atoms with Crippen molar-refractivity contribution in [3.8, 4) is 28.7 Å². The Morgan fingerprint density at radius 3 is 2.75 bits per heavy atom. The van der Waals surface area contributed by atoms with Gasteiger partial charge in [-0.25, -0.2) is 0 Å². The van der Waals surface area contributed by atoms with Crippen molar-refractivity contribution in [1.29, 1.82) is 5.26 Å². The third kappa shape index (κ3) is 4.06. The largest absolute Gasteiger partial charge is 0.497 e. The van der Waals surface area contributed by atoms with E-state index in [1.807, 2.05) is 36.4 Å². The quantitative estimate of drug-likeness (QED) is 0.828. The molecule has 124 valence electrons. The van der Waals surface area contributed by atoms with Gasteiger partial charge in [-0.05, 0) is 54.7 Å². The van der Waals surface area contributed by atoms with Crippen LogP contribution in [0.2, 0.25) is 0 Å². The zero-order chi connectivity index (χ0) is 16.8. The van der Waals surface area contributed by atoms with Crippen molar-refractivity contribution in [3.63, 3.8) is 0 Å².